The van der Waals surface area contributed by atoms with Crippen molar-refractivity contribution < 1.29 is 0 Å². The van der Waals surface area contributed by atoms with Crippen LogP contribution in [0.1, 0.15) is 18.4 Å². The molecule has 3 heterocycles. The van der Waals surface area contributed by atoms with E-state index in [9.17, 15) is 4.79 Å². The molecule has 170 valence electrons. The maximum Gasteiger partial charge on any atom is 0.250 e. The van der Waals surface area contributed by atoms with Crippen molar-refractivity contribution >= 4 is 34.0 Å². The highest BCUT2D eigenvalue weighted by Crippen LogP contribution is 2.33. The first-order chi connectivity index (χ1) is 16.1. The van der Waals surface area contributed by atoms with E-state index in [-0.39, 0.29) is 5.56 Å². The number of fused-ring (bicyclic) bond motifs is 1. The van der Waals surface area contributed by atoms with Gasteiger partial charge in [-0.1, -0.05) is 23.7 Å². The molecule has 1 aliphatic heterocycles. The quantitative estimate of drug-likeness (QED) is 0.346. The average Bonchev–Trinajstić information content (AvgIpc) is 3.20. The number of rotatable bonds is 6. The number of H-pyrrole nitrogens is 1. The predicted molar refractivity (Wildman–Crippen MR) is 135 cm³/mol. The number of benzene rings is 2. The molecule has 1 aliphatic rings. The topological polar surface area (TPSA) is 101 Å². The fourth-order valence-electron chi connectivity index (χ4n) is 4.49. The van der Waals surface area contributed by atoms with Gasteiger partial charge in [0.25, 0.3) is 5.56 Å². The summed E-state index contributed by atoms with van der Waals surface area (Å²) >= 11 is 6.12. The number of hydrogen-bond donors (Lipinski definition) is 4. The third-order valence-electron chi connectivity index (χ3n) is 6.29. The molecule has 1 saturated heterocycles. The molecular weight excluding hydrogens is 436 g/mol. The lowest BCUT2D eigenvalue weighted by Crippen LogP contribution is -2.31. The fourth-order valence-corrected chi connectivity index (χ4v) is 4.70. The molecule has 0 amide bonds. The lowest BCUT2D eigenvalue weighted by Gasteiger charge is -2.23. The SMILES string of the molecule is Nc1n[nH]c2cc(-c3ccc(=O)n(Cc4cccc(Cl)c4)c3)cc(NCC3CCNCC3)c12. The van der Waals surface area contributed by atoms with Crippen LogP contribution in [0.15, 0.2) is 59.5 Å². The van der Waals surface area contributed by atoms with Gasteiger partial charge in [0.05, 0.1) is 17.4 Å². The lowest BCUT2D eigenvalue weighted by atomic mass is 9.97. The van der Waals surface area contributed by atoms with Gasteiger partial charge in [-0.05, 0) is 78.9 Å². The van der Waals surface area contributed by atoms with Crippen molar-refractivity contribution in [2.45, 2.75) is 19.4 Å². The molecule has 0 spiro atoms. The van der Waals surface area contributed by atoms with Crippen LogP contribution in [0.5, 0.6) is 0 Å². The van der Waals surface area contributed by atoms with Crippen LogP contribution in [0, 0.1) is 5.92 Å². The molecule has 5 rings (SSSR count). The van der Waals surface area contributed by atoms with Crippen molar-refractivity contribution in [3.8, 4) is 11.1 Å². The van der Waals surface area contributed by atoms with Crippen LogP contribution in [0.25, 0.3) is 22.0 Å². The molecule has 5 N–H and O–H groups in total. The van der Waals surface area contributed by atoms with E-state index in [0.717, 1.165) is 65.8 Å². The number of halogens is 1. The van der Waals surface area contributed by atoms with Gasteiger partial charge in [-0.3, -0.25) is 9.89 Å². The highest BCUT2D eigenvalue weighted by Gasteiger charge is 2.16. The summed E-state index contributed by atoms with van der Waals surface area (Å²) in [7, 11) is 0. The Morgan fingerprint density at radius 2 is 1.97 bits per heavy atom. The van der Waals surface area contributed by atoms with Crippen molar-refractivity contribution in [3.05, 3.63) is 75.7 Å². The molecule has 8 heteroatoms. The Bertz CT molecular complexity index is 1340. The van der Waals surface area contributed by atoms with E-state index in [2.05, 4.69) is 26.9 Å². The molecule has 2 aromatic carbocycles. The van der Waals surface area contributed by atoms with Gasteiger partial charge in [0.1, 0.15) is 0 Å². The number of pyridine rings is 1. The first-order valence-electron chi connectivity index (χ1n) is 11.2. The highest BCUT2D eigenvalue weighted by molar-refractivity contribution is 6.30. The highest BCUT2D eigenvalue weighted by atomic mass is 35.5. The van der Waals surface area contributed by atoms with Gasteiger partial charge in [0, 0.05) is 29.5 Å². The molecule has 0 radical (unpaired) electrons. The number of piperidine rings is 1. The zero-order valence-corrected chi connectivity index (χ0v) is 19.0. The standard InChI is InChI=1S/C25H27ClN6O/c26-20-3-1-2-17(10-20)14-32-15-18(4-5-23(32)33)19-11-21(24-22(12-19)30-31-25(24)27)29-13-16-6-8-28-9-7-16/h1-5,10-12,15-16,28-29H,6-9,13-14H2,(H3,27,30,31). The van der Waals surface area contributed by atoms with Crippen LogP contribution in [0.4, 0.5) is 11.5 Å². The number of aromatic nitrogens is 3. The molecule has 1 fully saturated rings. The Morgan fingerprint density at radius 1 is 1.12 bits per heavy atom. The third kappa shape index (κ3) is 4.74. The molecule has 33 heavy (non-hydrogen) atoms. The number of nitrogens with zero attached hydrogens (tertiary/aromatic N) is 2. The van der Waals surface area contributed by atoms with Crippen LogP contribution >= 0.6 is 11.6 Å². The Labute approximate surface area is 197 Å². The second-order valence-corrected chi connectivity index (χ2v) is 9.08. The zero-order chi connectivity index (χ0) is 22.8. The minimum atomic E-state index is -0.0603. The number of aromatic amines is 1. The summed E-state index contributed by atoms with van der Waals surface area (Å²) in [6.07, 6.45) is 4.21. The molecule has 0 atom stereocenters. The molecule has 0 unspecified atom stereocenters. The molecule has 4 aromatic rings. The largest absolute Gasteiger partial charge is 0.384 e. The summed E-state index contributed by atoms with van der Waals surface area (Å²) in [5.74, 6) is 1.10. The van der Waals surface area contributed by atoms with Gasteiger partial charge in [-0.25, -0.2) is 0 Å². The second-order valence-electron chi connectivity index (χ2n) is 8.64. The van der Waals surface area contributed by atoms with E-state index < -0.39 is 0 Å². The van der Waals surface area contributed by atoms with Gasteiger partial charge in [0.15, 0.2) is 5.82 Å². The van der Waals surface area contributed by atoms with Gasteiger partial charge < -0.3 is 20.9 Å². The number of anilines is 2. The molecule has 0 aliphatic carbocycles. The van der Waals surface area contributed by atoms with Gasteiger partial charge >= 0.3 is 0 Å². The van der Waals surface area contributed by atoms with E-state index in [1.54, 1.807) is 10.6 Å². The summed E-state index contributed by atoms with van der Waals surface area (Å²) in [5.41, 5.74) is 10.8. The van der Waals surface area contributed by atoms with Crippen LogP contribution in [-0.2, 0) is 6.54 Å². The lowest BCUT2D eigenvalue weighted by molar-refractivity contribution is 0.390. The summed E-state index contributed by atoms with van der Waals surface area (Å²) in [6, 6.07) is 15.1. The molecule has 7 nitrogen and oxygen atoms in total. The summed E-state index contributed by atoms with van der Waals surface area (Å²) < 4.78 is 1.70. The van der Waals surface area contributed by atoms with Crippen LogP contribution in [-0.4, -0.2) is 34.4 Å². The van der Waals surface area contributed by atoms with Crippen molar-refractivity contribution in [2.24, 2.45) is 5.92 Å². The average molecular weight is 463 g/mol. The van der Waals surface area contributed by atoms with Gasteiger partial charge in [0.2, 0.25) is 0 Å². The smallest absolute Gasteiger partial charge is 0.250 e. The van der Waals surface area contributed by atoms with E-state index in [1.807, 2.05) is 42.6 Å². The summed E-state index contributed by atoms with van der Waals surface area (Å²) in [6.45, 7) is 3.46. The van der Waals surface area contributed by atoms with E-state index >= 15 is 0 Å². The van der Waals surface area contributed by atoms with Crippen molar-refractivity contribution in [1.82, 2.24) is 20.1 Å². The van der Waals surface area contributed by atoms with Crippen LogP contribution in [0.3, 0.4) is 0 Å². The maximum atomic E-state index is 12.5. The number of nitrogens with one attached hydrogen (secondary N) is 3. The van der Waals surface area contributed by atoms with Crippen molar-refractivity contribution in [1.29, 1.82) is 0 Å². The molecule has 2 aromatic heterocycles. The van der Waals surface area contributed by atoms with Crippen LogP contribution in [0.2, 0.25) is 5.02 Å². The summed E-state index contributed by atoms with van der Waals surface area (Å²) in [5, 5.41) is 15.8. The van der Waals surface area contributed by atoms with E-state index in [0.29, 0.717) is 23.3 Å². The Kier molecular flexibility index (Phi) is 6.07. The zero-order valence-electron chi connectivity index (χ0n) is 18.3. The second kappa shape index (κ2) is 9.29. The van der Waals surface area contributed by atoms with E-state index in [1.165, 1.54) is 0 Å². The Morgan fingerprint density at radius 3 is 2.79 bits per heavy atom. The maximum absolute atomic E-state index is 12.5. The first kappa shape index (κ1) is 21.6. The molecule has 0 saturated carbocycles. The number of nitrogens with two attached hydrogens (primary N) is 1. The monoisotopic (exact) mass is 462 g/mol. The first-order valence-corrected chi connectivity index (χ1v) is 11.6. The Hall–Kier alpha value is -3.29. The minimum Gasteiger partial charge on any atom is -0.384 e. The van der Waals surface area contributed by atoms with Gasteiger partial charge in [-0.2, -0.15) is 5.10 Å². The third-order valence-corrected chi connectivity index (χ3v) is 6.53. The van der Waals surface area contributed by atoms with Crippen molar-refractivity contribution in [2.75, 3.05) is 30.7 Å². The van der Waals surface area contributed by atoms with E-state index in [4.69, 9.17) is 17.3 Å². The van der Waals surface area contributed by atoms with Gasteiger partial charge in [-0.15, -0.1) is 0 Å². The minimum absolute atomic E-state index is 0.0603. The normalized spacial score (nSPS) is 14.6. The summed E-state index contributed by atoms with van der Waals surface area (Å²) in [4.78, 5) is 12.5. The van der Waals surface area contributed by atoms with Crippen LogP contribution < -0.4 is 21.9 Å². The molecular formula is C25H27ClN6O. The number of hydrogen-bond acceptors (Lipinski definition) is 5. The Balaban J connectivity index is 1.48. The predicted octanol–water partition coefficient (Wildman–Crippen LogP) is 4.09. The van der Waals surface area contributed by atoms with Crippen molar-refractivity contribution in [3.63, 3.8) is 0 Å². The fraction of sp³-hybridized carbons (Fsp3) is 0.280. The molecule has 0 bridgehead atoms. The number of nitrogen functional groups attached to an aromatic ring is 1.